The predicted molar refractivity (Wildman–Crippen MR) is 87.5 cm³/mol. The van der Waals surface area contributed by atoms with Crippen LogP contribution in [0.2, 0.25) is 0 Å². The number of benzene rings is 1. The van der Waals surface area contributed by atoms with Crippen LogP contribution < -0.4 is 10.1 Å². The zero-order chi connectivity index (χ0) is 18.4. The highest BCUT2D eigenvalue weighted by molar-refractivity contribution is 7.99. The lowest BCUT2D eigenvalue weighted by Crippen LogP contribution is -2.34. The molecule has 0 aliphatic carbocycles. The first kappa shape index (κ1) is 19.1. The fraction of sp³-hybridized carbons (Fsp3) is 0.400. The van der Waals surface area contributed by atoms with Crippen molar-refractivity contribution in [1.29, 1.82) is 0 Å². The molecule has 1 aromatic carbocycles. The maximum Gasteiger partial charge on any atom is 0.405 e. The van der Waals surface area contributed by atoms with E-state index in [0.717, 1.165) is 17.3 Å². The van der Waals surface area contributed by atoms with E-state index < -0.39 is 18.6 Å². The summed E-state index contributed by atoms with van der Waals surface area (Å²) >= 11 is 1.04. The monoisotopic (exact) mass is 374 g/mol. The smallest absolute Gasteiger partial charge is 0.405 e. The summed E-state index contributed by atoms with van der Waals surface area (Å²) in [6, 6.07) is 7.25. The Hall–Kier alpha value is -2.23. The summed E-state index contributed by atoms with van der Waals surface area (Å²) in [5.41, 5.74) is 0.823. The molecule has 1 aromatic heterocycles. The van der Waals surface area contributed by atoms with Gasteiger partial charge in [0.15, 0.2) is 11.0 Å². The number of amides is 1. The van der Waals surface area contributed by atoms with Crippen molar-refractivity contribution in [3.63, 3.8) is 0 Å². The number of halogens is 3. The summed E-state index contributed by atoms with van der Waals surface area (Å²) < 4.78 is 43.2. The van der Waals surface area contributed by atoms with Crippen molar-refractivity contribution in [2.45, 2.75) is 24.8 Å². The van der Waals surface area contributed by atoms with E-state index in [-0.39, 0.29) is 5.75 Å². The number of hydrogen-bond donors (Lipinski definition) is 1. The number of carbonyl (C=O) groups excluding carboxylic acids is 1. The minimum atomic E-state index is -4.43. The van der Waals surface area contributed by atoms with Gasteiger partial charge in [0, 0.05) is 12.1 Å². The highest BCUT2D eigenvalue weighted by atomic mass is 32.2. The molecule has 10 heteroatoms. The van der Waals surface area contributed by atoms with Crippen molar-refractivity contribution in [2.24, 2.45) is 0 Å². The van der Waals surface area contributed by atoms with E-state index in [1.807, 2.05) is 24.4 Å². The van der Waals surface area contributed by atoms with Gasteiger partial charge >= 0.3 is 6.18 Å². The van der Waals surface area contributed by atoms with Gasteiger partial charge in [-0.3, -0.25) is 4.79 Å². The normalized spacial score (nSPS) is 11.4. The molecule has 0 spiro atoms. The van der Waals surface area contributed by atoms with Gasteiger partial charge in [-0.1, -0.05) is 11.8 Å². The van der Waals surface area contributed by atoms with Gasteiger partial charge in [0.2, 0.25) is 5.91 Å². The third-order valence-corrected chi connectivity index (χ3v) is 4.17. The standard InChI is InChI=1S/C15H17F3N4O2S/c1-3-22-13(10-4-6-11(24-2)7-5-10)20-21-14(22)25-8-12(23)19-9-15(16,17)18/h4-7H,3,8-9H2,1-2H3,(H,19,23). The maximum absolute atomic E-state index is 12.1. The SMILES string of the molecule is CCn1c(SCC(=O)NCC(F)(F)F)nnc1-c1ccc(OC)cc1. The molecule has 0 aliphatic rings. The van der Waals surface area contributed by atoms with Gasteiger partial charge in [-0.25, -0.2) is 0 Å². The fourth-order valence-corrected chi connectivity index (χ4v) is 2.85. The van der Waals surface area contributed by atoms with Crippen LogP contribution in [-0.2, 0) is 11.3 Å². The second kappa shape index (κ2) is 8.24. The lowest BCUT2D eigenvalue weighted by atomic mass is 10.2. The van der Waals surface area contributed by atoms with Crippen molar-refractivity contribution in [3.05, 3.63) is 24.3 Å². The van der Waals surface area contributed by atoms with Crippen molar-refractivity contribution in [2.75, 3.05) is 19.4 Å². The lowest BCUT2D eigenvalue weighted by molar-refractivity contribution is -0.136. The third-order valence-electron chi connectivity index (χ3n) is 3.20. The number of aromatic nitrogens is 3. The molecule has 25 heavy (non-hydrogen) atoms. The van der Waals surface area contributed by atoms with Gasteiger partial charge in [-0.2, -0.15) is 13.2 Å². The van der Waals surface area contributed by atoms with Gasteiger partial charge in [-0.05, 0) is 31.2 Å². The van der Waals surface area contributed by atoms with Crippen LogP contribution in [0.25, 0.3) is 11.4 Å². The van der Waals surface area contributed by atoms with E-state index in [9.17, 15) is 18.0 Å². The number of methoxy groups -OCH3 is 1. The van der Waals surface area contributed by atoms with Crippen LogP contribution in [0, 0.1) is 0 Å². The van der Waals surface area contributed by atoms with Crippen LogP contribution in [-0.4, -0.2) is 46.3 Å². The Kier molecular flexibility index (Phi) is 6.29. The molecular weight excluding hydrogens is 357 g/mol. The summed E-state index contributed by atoms with van der Waals surface area (Å²) in [6.07, 6.45) is -4.43. The molecule has 1 N–H and O–H groups in total. The van der Waals surface area contributed by atoms with Crippen LogP contribution in [0.3, 0.4) is 0 Å². The molecule has 0 fully saturated rings. The lowest BCUT2D eigenvalue weighted by Gasteiger charge is -2.09. The van der Waals surface area contributed by atoms with E-state index >= 15 is 0 Å². The Bertz CT molecular complexity index is 717. The molecule has 0 unspecified atom stereocenters. The van der Waals surface area contributed by atoms with Crippen LogP contribution in [0.5, 0.6) is 5.75 Å². The molecule has 0 saturated heterocycles. The third kappa shape index (κ3) is 5.38. The molecule has 0 radical (unpaired) electrons. The molecule has 1 amide bonds. The zero-order valence-corrected chi connectivity index (χ0v) is 14.4. The second-order valence-electron chi connectivity index (χ2n) is 4.96. The minimum Gasteiger partial charge on any atom is -0.497 e. The molecule has 1 heterocycles. The number of thioether (sulfide) groups is 1. The number of rotatable bonds is 7. The van der Waals surface area contributed by atoms with Crippen molar-refractivity contribution in [1.82, 2.24) is 20.1 Å². The Morgan fingerprint density at radius 2 is 1.96 bits per heavy atom. The van der Waals surface area contributed by atoms with Crippen LogP contribution in [0.1, 0.15) is 6.92 Å². The largest absolute Gasteiger partial charge is 0.497 e. The van der Waals surface area contributed by atoms with E-state index in [2.05, 4.69) is 10.2 Å². The quantitative estimate of drug-likeness (QED) is 0.755. The van der Waals surface area contributed by atoms with E-state index in [1.165, 1.54) is 0 Å². The molecule has 0 aliphatic heterocycles. The number of nitrogens with zero attached hydrogens (tertiary/aromatic N) is 3. The van der Waals surface area contributed by atoms with Gasteiger partial charge in [0.1, 0.15) is 12.3 Å². The van der Waals surface area contributed by atoms with Gasteiger partial charge in [-0.15, -0.1) is 10.2 Å². The Balaban J connectivity index is 2.05. The summed E-state index contributed by atoms with van der Waals surface area (Å²) in [4.78, 5) is 11.5. The molecular formula is C15H17F3N4O2S. The molecule has 0 saturated carbocycles. The first-order chi connectivity index (χ1) is 11.8. The molecule has 2 aromatic rings. The summed E-state index contributed by atoms with van der Waals surface area (Å²) in [7, 11) is 1.57. The predicted octanol–water partition coefficient (Wildman–Crippen LogP) is 2.74. The summed E-state index contributed by atoms with van der Waals surface area (Å²) in [6.45, 7) is 1.11. The number of nitrogens with one attached hydrogen (secondary N) is 1. The zero-order valence-electron chi connectivity index (χ0n) is 13.6. The average Bonchev–Trinajstić information content (AvgIpc) is 3.00. The number of carbonyl (C=O) groups is 1. The van der Waals surface area contributed by atoms with Crippen molar-refractivity contribution in [3.8, 4) is 17.1 Å². The molecule has 6 nitrogen and oxygen atoms in total. The van der Waals surface area contributed by atoms with Crippen LogP contribution in [0.4, 0.5) is 13.2 Å². The van der Waals surface area contributed by atoms with Gasteiger partial charge in [0.05, 0.1) is 12.9 Å². The Morgan fingerprint density at radius 1 is 1.28 bits per heavy atom. The van der Waals surface area contributed by atoms with E-state index in [0.29, 0.717) is 23.3 Å². The maximum atomic E-state index is 12.1. The Labute approximate surface area is 146 Å². The van der Waals surface area contributed by atoms with Gasteiger partial charge in [0.25, 0.3) is 0 Å². The molecule has 0 atom stereocenters. The first-order valence-electron chi connectivity index (χ1n) is 7.38. The minimum absolute atomic E-state index is 0.170. The van der Waals surface area contributed by atoms with Crippen LogP contribution in [0.15, 0.2) is 29.4 Å². The highest BCUT2D eigenvalue weighted by Gasteiger charge is 2.27. The van der Waals surface area contributed by atoms with Crippen molar-refractivity contribution >= 4 is 17.7 Å². The summed E-state index contributed by atoms with van der Waals surface area (Å²) in [5, 5.41) is 10.4. The van der Waals surface area contributed by atoms with Gasteiger partial charge < -0.3 is 14.6 Å². The summed E-state index contributed by atoms with van der Waals surface area (Å²) in [5.74, 6) is 0.446. The first-order valence-corrected chi connectivity index (χ1v) is 8.36. The number of ether oxygens (including phenoxy) is 1. The molecule has 136 valence electrons. The Morgan fingerprint density at radius 3 is 2.52 bits per heavy atom. The fourth-order valence-electron chi connectivity index (χ4n) is 2.01. The topological polar surface area (TPSA) is 69.0 Å². The average molecular weight is 374 g/mol. The van der Waals surface area contributed by atoms with Crippen molar-refractivity contribution < 1.29 is 22.7 Å². The second-order valence-corrected chi connectivity index (χ2v) is 5.90. The number of hydrogen-bond acceptors (Lipinski definition) is 5. The molecule has 2 rings (SSSR count). The highest BCUT2D eigenvalue weighted by Crippen LogP contribution is 2.25. The van der Waals surface area contributed by atoms with E-state index in [4.69, 9.17) is 4.74 Å². The molecule has 0 bridgehead atoms. The van der Waals surface area contributed by atoms with Crippen LogP contribution >= 0.6 is 11.8 Å². The number of alkyl halides is 3. The van der Waals surface area contributed by atoms with E-state index in [1.54, 1.807) is 23.8 Å².